The van der Waals surface area contributed by atoms with Crippen molar-refractivity contribution >= 4 is 11.6 Å². The summed E-state index contributed by atoms with van der Waals surface area (Å²) in [5.41, 5.74) is -1.78. The zero-order valence-electron chi connectivity index (χ0n) is 13.7. The van der Waals surface area contributed by atoms with Gasteiger partial charge in [-0.15, -0.1) is 10.2 Å². The Balaban J connectivity index is 2.05. The van der Waals surface area contributed by atoms with Gasteiger partial charge < -0.3 is 5.32 Å². The monoisotopic (exact) mass is 386 g/mol. The average Bonchev–Trinajstić information content (AvgIpc) is 3.01. The summed E-state index contributed by atoms with van der Waals surface area (Å²) in [6, 6.07) is 8.29. The topological polar surface area (TPSA) is 42.7 Å². The first-order valence-electron chi connectivity index (χ1n) is 7.58. The fourth-order valence-electron chi connectivity index (χ4n) is 2.49. The highest BCUT2D eigenvalue weighted by Gasteiger charge is 2.37. The molecule has 0 bridgehead atoms. The molecule has 1 N–H and O–H groups in total. The lowest BCUT2D eigenvalue weighted by Crippen LogP contribution is -2.12. The number of aromatic nitrogens is 3. The Kier molecular flexibility index (Phi) is 4.58. The first-order chi connectivity index (χ1) is 12.6. The predicted octanol–water partition coefficient (Wildman–Crippen LogP) is 5.36. The summed E-state index contributed by atoms with van der Waals surface area (Å²) in [5.74, 6) is -0.0169. The van der Waals surface area contributed by atoms with Crippen molar-refractivity contribution in [1.82, 2.24) is 14.8 Å². The Bertz CT molecular complexity index is 926. The van der Waals surface area contributed by atoms with Crippen molar-refractivity contribution in [3.63, 3.8) is 0 Å². The molecule has 0 saturated carbocycles. The molecule has 0 radical (unpaired) electrons. The molecule has 0 spiro atoms. The fourth-order valence-corrected chi connectivity index (χ4v) is 2.49. The zero-order valence-corrected chi connectivity index (χ0v) is 13.7. The van der Waals surface area contributed by atoms with Gasteiger partial charge in [0.1, 0.15) is 6.33 Å². The van der Waals surface area contributed by atoms with Gasteiger partial charge in [0, 0.05) is 5.69 Å². The van der Waals surface area contributed by atoms with Crippen molar-refractivity contribution in [2.24, 2.45) is 0 Å². The Morgan fingerprint density at radius 3 is 2.04 bits per heavy atom. The van der Waals surface area contributed by atoms with E-state index in [4.69, 9.17) is 0 Å². The smallest absolute Gasteiger partial charge is 0.324 e. The second-order valence-electron chi connectivity index (χ2n) is 5.73. The van der Waals surface area contributed by atoms with Gasteiger partial charge in [-0.1, -0.05) is 18.2 Å². The fraction of sp³-hybridized carbons (Fsp3) is 0.176. The minimum atomic E-state index is -4.93. The molecule has 10 heteroatoms. The van der Waals surface area contributed by atoms with Crippen molar-refractivity contribution < 1.29 is 26.3 Å². The van der Waals surface area contributed by atoms with Crippen molar-refractivity contribution in [3.05, 3.63) is 65.5 Å². The summed E-state index contributed by atoms with van der Waals surface area (Å²) in [7, 11) is 0. The van der Waals surface area contributed by atoms with Gasteiger partial charge in [0.2, 0.25) is 5.95 Å². The Labute approximate surface area is 149 Å². The molecule has 1 aromatic heterocycles. The van der Waals surface area contributed by atoms with Crippen LogP contribution in [0.3, 0.4) is 0 Å². The molecule has 0 aliphatic rings. The molecule has 0 atom stereocenters. The summed E-state index contributed by atoms with van der Waals surface area (Å²) >= 11 is 0. The van der Waals surface area contributed by atoms with Crippen LogP contribution in [0.2, 0.25) is 0 Å². The third-order valence-corrected chi connectivity index (χ3v) is 3.77. The van der Waals surface area contributed by atoms with Crippen LogP contribution in [-0.4, -0.2) is 14.8 Å². The highest BCUT2D eigenvalue weighted by Crippen LogP contribution is 2.38. The average molecular weight is 386 g/mol. The molecular weight excluding hydrogens is 374 g/mol. The van der Waals surface area contributed by atoms with Crippen LogP contribution in [0, 0.1) is 6.92 Å². The third kappa shape index (κ3) is 4.04. The van der Waals surface area contributed by atoms with Gasteiger partial charge in [-0.3, -0.25) is 4.57 Å². The van der Waals surface area contributed by atoms with E-state index in [0.717, 1.165) is 5.56 Å². The molecule has 1 heterocycles. The highest BCUT2D eigenvalue weighted by atomic mass is 19.4. The first-order valence-corrected chi connectivity index (χ1v) is 7.58. The van der Waals surface area contributed by atoms with Gasteiger partial charge in [0.25, 0.3) is 0 Å². The van der Waals surface area contributed by atoms with Gasteiger partial charge in [0.15, 0.2) is 0 Å². The van der Waals surface area contributed by atoms with E-state index >= 15 is 0 Å². The lowest BCUT2D eigenvalue weighted by Gasteiger charge is -2.15. The summed E-state index contributed by atoms with van der Waals surface area (Å²) in [4.78, 5) is 0. The Morgan fingerprint density at radius 1 is 0.889 bits per heavy atom. The first kappa shape index (κ1) is 18.7. The van der Waals surface area contributed by atoms with Crippen LogP contribution in [0.5, 0.6) is 0 Å². The molecule has 0 amide bonds. The number of alkyl halides is 6. The standard InChI is InChI=1S/C17H12F6N4/c1-10-4-2-3-5-14(10)27-9-24-26-15(27)25-13-7-11(16(18,19)20)6-12(8-13)17(21,22)23/h2-9H,1H3,(H,25,26). The maximum absolute atomic E-state index is 13.0. The zero-order chi connectivity index (χ0) is 19.8. The summed E-state index contributed by atoms with van der Waals surface area (Å²) < 4.78 is 79.3. The molecule has 3 aromatic rings. The summed E-state index contributed by atoms with van der Waals surface area (Å²) in [5, 5.41) is 9.93. The SMILES string of the molecule is Cc1ccccc1-n1cnnc1Nc1cc(C(F)(F)F)cc(C(F)(F)F)c1. The number of anilines is 2. The lowest BCUT2D eigenvalue weighted by molar-refractivity contribution is -0.143. The number of hydrogen-bond donors (Lipinski definition) is 1. The lowest BCUT2D eigenvalue weighted by atomic mass is 10.1. The molecule has 27 heavy (non-hydrogen) atoms. The van der Waals surface area contributed by atoms with Crippen LogP contribution in [0.25, 0.3) is 5.69 Å². The minimum Gasteiger partial charge on any atom is -0.324 e. The third-order valence-electron chi connectivity index (χ3n) is 3.77. The van der Waals surface area contributed by atoms with Crippen LogP contribution in [0.1, 0.15) is 16.7 Å². The number of halogens is 6. The van der Waals surface area contributed by atoms with E-state index in [1.54, 1.807) is 31.2 Å². The summed E-state index contributed by atoms with van der Waals surface area (Å²) in [6.07, 6.45) is -8.55. The molecule has 3 rings (SSSR count). The van der Waals surface area contributed by atoms with Crippen LogP contribution in [-0.2, 0) is 12.4 Å². The number of para-hydroxylation sites is 1. The number of rotatable bonds is 3. The predicted molar refractivity (Wildman–Crippen MR) is 85.8 cm³/mol. The summed E-state index contributed by atoms with van der Waals surface area (Å²) in [6.45, 7) is 1.80. The van der Waals surface area contributed by atoms with Crippen molar-refractivity contribution in [2.75, 3.05) is 5.32 Å². The molecule has 0 aliphatic carbocycles. The van der Waals surface area contributed by atoms with E-state index in [-0.39, 0.29) is 12.0 Å². The van der Waals surface area contributed by atoms with E-state index in [1.807, 2.05) is 0 Å². The van der Waals surface area contributed by atoms with Crippen LogP contribution in [0.4, 0.5) is 38.0 Å². The Hall–Kier alpha value is -3.04. The van der Waals surface area contributed by atoms with E-state index in [0.29, 0.717) is 17.8 Å². The second kappa shape index (κ2) is 6.60. The van der Waals surface area contributed by atoms with Gasteiger partial charge in [-0.05, 0) is 36.8 Å². The normalized spacial score (nSPS) is 12.3. The highest BCUT2D eigenvalue weighted by molar-refractivity contribution is 5.59. The van der Waals surface area contributed by atoms with E-state index < -0.39 is 29.2 Å². The molecular formula is C17H12F6N4. The maximum Gasteiger partial charge on any atom is 0.416 e. The molecule has 0 unspecified atom stereocenters. The molecule has 0 fully saturated rings. The quantitative estimate of drug-likeness (QED) is 0.617. The van der Waals surface area contributed by atoms with E-state index in [9.17, 15) is 26.3 Å². The molecule has 0 saturated heterocycles. The van der Waals surface area contributed by atoms with E-state index in [2.05, 4.69) is 15.5 Å². The van der Waals surface area contributed by atoms with Gasteiger partial charge in [0.05, 0.1) is 16.8 Å². The van der Waals surface area contributed by atoms with Gasteiger partial charge in [-0.25, -0.2) is 0 Å². The van der Waals surface area contributed by atoms with E-state index in [1.165, 1.54) is 10.9 Å². The molecule has 142 valence electrons. The van der Waals surface area contributed by atoms with Crippen LogP contribution in [0.15, 0.2) is 48.8 Å². The molecule has 2 aromatic carbocycles. The number of nitrogens with zero attached hydrogens (tertiary/aromatic N) is 3. The van der Waals surface area contributed by atoms with Crippen molar-refractivity contribution in [2.45, 2.75) is 19.3 Å². The Morgan fingerprint density at radius 2 is 1.48 bits per heavy atom. The molecule has 4 nitrogen and oxygen atoms in total. The number of benzene rings is 2. The molecule has 0 aliphatic heterocycles. The number of hydrogen-bond acceptors (Lipinski definition) is 3. The van der Waals surface area contributed by atoms with Gasteiger partial charge >= 0.3 is 12.4 Å². The minimum absolute atomic E-state index is 0.0169. The van der Waals surface area contributed by atoms with Gasteiger partial charge in [-0.2, -0.15) is 26.3 Å². The number of aryl methyl sites for hydroxylation is 1. The van der Waals surface area contributed by atoms with Crippen LogP contribution >= 0.6 is 0 Å². The van der Waals surface area contributed by atoms with Crippen molar-refractivity contribution in [3.8, 4) is 5.69 Å². The maximum atomic E-state index is 13.0. The van der Waals surface area contributed by atoms with Crippen molar-refractivity contribution in [1.29, 1.82) is 0 Å². The van der Waals surface area contributed by atoms with Crippen LogP contribution < -0.4 is 5.32 Å². The largest absolute Gasteiger partial charge is 0.416 e. The number of nitrogens with one attached hydrogen (secondary N) is 1. The second-order valence-corrected chi connectivity index (χ2v) is 5.73.